The second-order valence-electron chi connectivity index (χ2n) is 6.55. The Morgan fingerprint density at radius 2 is 2.10 bits per heavy atom. The molecule has 1 aliphatic rings. The van der Waals surface area contributed by atoms with E-state index in [0.717, 1.165) is 17.9 Å². The van der Waals surface area contributed by atoms with E-state index in [1.54, 1.807) is 4.88 Å². The molecule has 1 nitrogen and oxygen atoms in total. The zero-order valence-electron chi connectivity index (χ0n) is 13.2. The van der Waals surface area contributed by atoms with Gasteiger partial charge in [-0.05, 0) is 68.4 Å². The maximum atomic E-state index is 3.84. The first-order valence-corrected chi connectivity index (χ1v) is 9.43. The van der Waals surface area contributed by atoms with Gasteiger partial charge >= 0.3 is 0 Å². The standard InChI is InChI=1S/C18H31NS/c1-3-13-19-18(16-11-9-15(2)10-12-16)8-4-6-17-7-5-14-20-17/h5,7,14-16,18-19H,3-4,6,8-13H2,1-2H3. The summed E-state index contributed by atoms with van der Waals surface area (Å²) in [6.07, 6.45) is 11.0. The van der Waals surface area contributed by atoms with Gasteiger partial charge in [0.2, 0.25) is 0 Å². The number of hydrogen-bond donors (Lipinski definition) is 1. The fraction of sp³-hybridized carbons (Fsp3) is 0.778. The van der Waals surface area contributed by atoms with E-state index in [-0.39, 0.29) is 0 Å². The molecular weight excluding hydrogens is 262 g/mol. The van der Waals surface area contributed by atoms with E-state index in [1.807, 2.05) is 11.3 Å². The third-order valence-corrected chi connectivity index (χ3v) is 5.74. The molecule has 0 saturated heterocycles. The Hall–Kier alpha value is -0.340. The van der Waals surface area contributed by atoms with E-state index in [2.05, 4.69) is 36.7 Å². The Bertz CT molecular complexity index is 338. The van der Waals surface area contributed by atoms with Gasteiger partial charge < -0.3 is 5.32 Å². The summed E-state index contributed by atoms with van der Waals surface area (Å²) in [4.78, 5) is 1.55. The molecule has 2 rings (SSSR count). The van der Waals surface area contributed by atoms with Crippen LogP contribution < -0.4 is 5.32 Å². The van der Waals surface area contributed by atoms with Crippen molar-refractivity contribution < 1.29 is 0 Å². The summed E-state index contributed by atoms with van der Waals surface area (Å²) in [5.41, 5.74) is 0. The lowest BCUT2D eigenvalue weighted by Gasteiger charge is -2.33. The molecule has 0 spiro atoms. The van der Waals surface area contributed by atoms with Crippen molar-refractivity contribution >= 4 is 11.3 Å². The Balaban J connectivity index is 1.76. The molecule has 1 fully saturated rings. The zero-order chi connectivity index (χ0) is 14.2. The molecule has 2 heteroatoms. The molecule has 0 amide bonds. The third-order valence-electron chi connectivity index (χ3n) is 4.80. The SMILES string of the molecule is CCCNC(CCCc1cccs1)C1CCC(C)CC1. The van der Waals surface area contributed by atoms with Crippen LogP contribution in [-0.2, 0) is 6.42 Å². The minimum Gasteiger partial charge on any atom is -0.314 e. The molecule has 20 heavy (non-hydrogen) atoms. The molecular formula is C18H31NS. The first kappa shape index (κ1) is 16.0. The van der Waals surface area contributed by atoms with Crippen molar-refractivity contribution in [3.05, 3.63) is 22.4 Å². The molecule has 1 atom stereocenters. The van der Waals surface area contributed by atoms with Crippen LogP contribution in [-0.4, -0.2) is 12.6 Å². The van der Waals surface area contributed by atoms with E-state index < -0.39 is 0 Å². The second kappa shape index (κ2) is 8.84. The highest BCUT2D eigenvalue weighted by molar-refractivity contribution is 7.09. The van der Waals surface area contributed by atoms with E-state index in [0.29, 0.717) is 0 Å². The van der Waals surface area contributed by atoms with Crippen LogP contribution in [0.4, 0.5) is 0 Å². The highest BCUT2D eigenvalue weighted by Crippen LogP contribution is 2.32. The topological polar surface area (TPSA) is 12.0 Å². The maximum Gasteiger partial charge on any atom is 0.00954 e. The number of rotatable bonds is 8. The minimum absolute atomic E-state index is 0.766. The summed E-state index contributed by atoms with van der Waals surface area (Å²) in [6.45, 7) is 5.88. The van der Waals surface area contributed by atoms with Crippen LogP contribution in [0.2, 0.25) is 0 Å². The fourth-order valence-corrected chi connectivity index (χ4v) is 4.22. The van der Waals surface area contributed by atoms with E-state index in [9.17, 15) is 0 Å². The predicted octanol–water partition coefficient (Wildman–Crippen LogP) is 5.27. The lowest BCUT2D eigenvalue weighted by molar-refractivity contribution is 0.220. The van der Waals surface area contributed by atoms with Crippen molar-refractivity contribution in [3.63, 3.8) is 0 Å². The smallest absolute Gasteiger partial charge is 0.00954 e. The van der Waals surface area contributed by atoms with E-state index >= 15 is 0 Å². The molecule has 1 saturated carbocycles. The van der Waals surface area contributed by atoms with Crippen LogP contribution in [0, 0.1) is 11.8 Å². The molecule has 0 radical (unpaired) electrons. The lowest BCUT2D eigenvalue weighted by Crippen LogP contribution is -2.38. The molecule has 1 N–H and O–H groups in total. The monoisotopic (exact) mass is 293 g/mol. The van der Waals surface area contributed by atoms with Crippen LogP contribution in [0.5, 0.6) is 0 Å². The third kappa shape index (κ3) is 5.21. The summed E-state index contributed by atoms with van der Waals surface area (Å²) in [7, 11) is 0. The van der Waals surface area contributed by atoms with Crippen molar-refractivity contribution in [2.24, 2.45) is 11.8 Å². The van der Waals surface area contributed by atoms with Gasteiger partial charge in [-0.15, -0.1) is 11.3 Å². The average Bonchev–Trinajstić information content (AvgIpc) is 2.97. The molecule has 114 valence electrons. The fourth-order valence-electron chi connectivity index (χ4n) is 3.47. The van der Waals surface area contributed by atoms with Crippen LogP contribution in [0.3, 0.4) is 0 Å². The van der Waals surface area contributed by atoms with Gasteiger partial charge in [0.25, 0.3) is 0 Å². The number of hydrogen-bond acceptors (Lipinski definition) is 2. The van der Waals surface area contributed by atoms with Crippen molar-refractivity contribution in [1.82, 2.24) is 5.32 Å². The molecule has 1 aromatic heterocycles. The summed E-state index contributed by atoms with van der Waals surface area (Å²) in [5, 5.41) is 6.04. The highest BCUT2D eigenvalue weighted by atomic mass is 32.1. The van der Waals surface area contributed by atoms with Crippen molar-refractivity contribution in [3.8, 4) is 0 Å². The first-order valence-electron chi connectivity index (χ1n) is 8.55. The van der Waals surface area contributed by atoms with Crippen LogP contribution in [0.15, 0.2) is 17.5 Å². The van der Waals surface area contributed by atoms with Crippen molar-refractivity contribution in [2.75, 3.05) is 6.54 Å². The van der Waals surface area contributed by atoms with Crippen LogP contribution in [0.25, 0.3) is 0 Å². The number of thiophene rings is 1. The number of aryl methyl sites for hydroxylation is 1. The van der Waals surface area contributed by atoms with Gasteiger partial charge in [0, 0.05) is 10.9 Å². The quantitative estimate of drug-likeness (QED) is 0.689. The van der Waals surface area contributed by atoms with Gasteiger partial charge in [-0.25, -0.2) is 0 Å². The molecule has 0 aliphatic heterocycles. The Morgan fingerprint density at radius 3 is 2.75 bits per heavy atom. The van der Waals surface area contributed by atoms with Crippen LogP contribution in [0.1, 0.15) is 63.7 Å². The molecule has 1 aliphatic carbocycles. The second-order valence-corrected chi connectivity index (χ2v) is 7.58. The first-order chi connectivity index (χ1) is 9.79. The summed E-state index contributed by atoms with van der Waals surface area (Å²) in [6, 6.07) is 5.22. The Labute approximate surface area is 129 Å². The van der Waals surface area contributed by atoms with Gasteiger partial charge in [-0.2, -0.15) is 0 Å². The van der Waals surface area contributed by atoms with Crippen molar-refractivity contribution in [1.29, 1.82) is 0 Å². The molecule has 0 aromatic carbocycles. The van der Waals surface area contributed by atoms with Gasteiger partial charge in [-0.1, -0.05) is 32.8 Å². The Morgan fingerprint density at radius 1 is 1.30 bits per heavy atom. The Kier molecular flexibility index (Phi) is 7.09. The number of nitrogens with one attached hydrogen (secondary N) is 1. The maximum absolute atomic E-state index is 3.84. The van der Waals surface area contributed by atoms with E-state index in [4.69, 9.17) is 0 Å². The normalized spacial score (nSPS) is 24.7. The molecule has 1 aromatic rings. The van der Waals surface area contributed by atoms with Crippen LogP contribution >= 0.6 is 11.3 Å². The summed E-state index contributed by atoms with van der Waals surface area (Å²) in [5.74, 6) is 1.89. The van der Waals surface area contributed by atoms with Gasteiger partial charge in [0.1, 0.15) is 0 Å². The van der Waals surface area contributed by atoms with Gasteiger partial charge in [0.05, 0.1) is 0 Å². The van der Waals surface area contributed by atoms with Crippen molar-refractivity contribution in [2.45, 2.75) is 71.3 Å². The summed E-state index contributed by atoms with van der Waals surface area (Å²) < 4.78 is 0. The lowest BCUT2D eigenvalue weighted by atomic mass is 9.78. The van der Waals surface area contributed by atoms with E-state index in [1.165, 1.54) is 57.9 Å². The predicted molar refractivity (Wildman–Crippen MR) is 90.5 cm³/mol. The van der Waals surface area contributed by atoms with Gasteiger partial charge in [0.15, 0.2) is 0 Å². The minimum atomic E-state index is 0.766. The zero-order valence-corrected chi connectivity index (χ0v) is 14.1. The largest absolute Gasteiger partial charge is 0.314 e. The molecule has 1 heterocycles. The molecule has 0 bridgehead atoms. The highest BCUT2D eigenvalue weighted by Gasteiger charge is 2.25. The summed E-state index contributed by atoms with van der Waals surface area (Å²) >= 11 is 1.91. The van der Waals surface area contributed by atoms with Gasteiger partial charge in [-0.3, -0.25) is 0 Å². The average molecular weight is 294 g/mol. The molecule has 1 unspecified atom stereocenters.